The Hall–Kier alpha value is -2.08. The van der Waals surface area contributed by atoms with Gasteiger partial charge in [-0.2, -0.15) is 5.26 Å². The third-order valence-corrected chi connectivity index (χ3v) is 4.29. The summed E-state index contributed by atoms with van der Waals surface area (Å²) in [6, 6.07) is 11.1. The Bertz CT molecular complexity index is 693. The highest BCUT2D eigenvalue weighted by Crippen LogP contribution is 2.41. The van der Waals surface area contributed by atoms with Gasteiger partial charge in [0.2, 0.25) is 0 Å². The number of aromatic nitrogens is 1. The van der Waals surface area contributed by atoms with Crippen molar-refractivity contribution in [2.45, 2.75) is 31.7 Å². The van der Waals surface area contributed by atoms with E-state index in [0.29, 0.717) is 6.04 Å². The van der Waals surface area contributed by atoms with Crippen LogP contribution in [0.15, 0.2) is 30.5 Å². The smallest absolute Gasteiger partial charge is 0.103 e. The molecular weight excluding hydrogens is 246 g/mol. The Morgan fingerprint density at radius 1 is 1.20 bits per heavy atom. The molecule has 0 aliphatic heterocycles. The summed E-state index contributed by atoms with van der Waals surface area (Å²) >= 11 is 0. The fourth-order valence-corrected chi connectivity index (χ4v) is 2.91. The van der Waals surface area contributed by atoms with Gasteiger partial charge in [-0.25, -0.2) is 0 Å². The van der Waals surface area contributed by atoms with Crippen LogP contribution in [0.1, 0.15) is 31.2 Å². The van der Waals surface area contributed by atoms with E-state index in [4.69, 9.17) is 0 Å². The number of nitrogens with zero attached hydrogens (tertiary/aromatic N) is 3. The summed E-state index contributed by atoms with van der Waals surface area (Å²) in [6.07, 6.45) is 6.94. The molecule has 20 heavy (non-hydrogen) atoms. The Labute approximate surface area is 118 Å². The van der Waals surface area contributed by atoms with Crippen molar-refractivity contribution in [3.05, 3.63) is 36.0 Å². The first-order valence-electron chi connectivity index (χ1n) is 7.41. The minimum atomic E-state index is 0.633. The quantitative estimate of drug-likeness (QED) is 0.847. The number of hydrogen-bond acceptors (Lipinski definition) is 3. The van der Waals surface area contributed by atoms with Gasteiger partial charge in [0.1, 0.15) is 6.07 Å². The highest BCUT2D eigenvalue weighted by atomic mass is 15.2. The van der Waals surface area contributed by atoms with Crippen LogP contribution in [0.4, 0.5) is 5.69 Å². The zero-order chi connectivity index (χ0) is 13.5. The lowest BCUT2D eigenvalue weighted by molar-refractivity contribution is 0.720. The first-order valence-corrected chi connectivity index (χ1v) is 7.41. The van der Waals surface area contributed by atoms with Crippen LogP contribution in [0.3, 0.4) is 0 Å². The number of fused-ring (bicyclic) bond motifs is 1. The Morgan fingerprint density at radius 2 is 2.00 bits per heavy atom. The van der Waals surface area contributed by atoms with Gasteiger partial charge in [-0.15, -0.1) is 0 Å². The van der Waals surface area contributed by atoms with E-state index < -0.39 is 0 Å². The lowest BCUT2D eigenvalue weighted by atomic mass is 10.1. The molecule has 0 amide bonds. The molecule has 3 nitrogen and oxygen atoms in total. The molecule has 0 N–H and O–H groups in total. The van der Waals surface area contributed by atoms with Crippen LogP contribution in [0.5, 0.6) is 0 Å². The molecule has 4 rings (SSSR count). The number of hydrogen-bond donors (Lipinski definition) is 0. The molecule has 0 unspecified atom stereocenters. The average Bonchev–Trinajstić information content (AvgIpc) is 3.37. The molecule has 1 aromatic carbocycles. The third-order valence-electron chi connectivity index (χ3n) is 4.29. The average molecular weight is 263 g/mol. The van der Waals surface area contributed by atoms with Crippen LogP contribution in [-0.4, -0.2) is 17.6 Å². The topological polar surface area (TPSA) is 39.9 Å². The van der Waals surface area contributed by atoms with Crippen LogP contribution in [0.25, 0.3) is 10.9 Å². The molecular formula is C17H17N3. The molecule has 2 aliphatic rings. The summed E-state index contributed by atoms with van der Waals surface area (Å²) in [5.41, 5.74) is 2.83. The fraction of sp³-hybridized carbons (Fsp3) is 0.412. The Kier molecular flexibility index (Phi) is 2.63. The second-order valence-electron chi connectivity index (χ2n) is 5.98. The van der Waals surface area contributed by atoms with E-state index >= 15 is 0 Å². The van der Waals surface area contributed by atoms with Gasteiger partial charge in [-0.05, 0) is 37.7 Å². The minimum Gasteiger partial charge on any atom is -0.367 e. The molecule has 2 aromatic rings. The molecule has 0 atom stereocenters. The first-order chi connectivity index (χ1) is 9.86. The van der Waals surface area contributed by atoms with E-state index in [-0.39, 0.29) is 0 Å². The molecule has 0 radical (unpaired) electrons. The van der Waals surface area contributed by atoms with Crippen LogP contribution < -0.4 is 4.90 Å². The minimum absolute atomic E-state index is 0.633. The van der Waals surface area contributed by atoms with Gasteiger partial charge in [0.05, 0.1) is 16.8 Å². The van der Waals surface area contributed by atoms with E-state index in [1.165, 1.54) is 25.7 Å². The van der Waals surface area contributed by atoms with Crippen molar-refractivity contribution in [2.75, 3.05) is 11.4 Å². The summed E-state index contributed by atoms with van der Waals surface area (Å²) in [6.45, 7) is 1.10. The van der Waals surface area contributed by atoms with Crippen molar-refractivity contribution in [2.24, 2.45) is 5.92 Å². The second kappa shape index (κ2) is 4.49. The molecule has 2 saturated carbocycles. The SMILES string of the molecule is N#Cc1cnc2ccccc2c1N(CC1CC1)C1CC1. The summed E-state index contributed by atoms with van der Waals surface area (Å²) in [5, 5.41) is 10.6. The molecule has 3 heteroatoms. The zero-order valence-electron chi connectivity index (χ0n) is 11.4. The summed E-state index contributed by atoms with van der Waals surface area (Å²) < 4.78 is 0. The highest BCUT2D eigenvalue weighted by molar-refractivity contribution is 5.94. The van der Waals surface area contributed by atoms with Crippen LogP contribution in [0, 0.1) is 17.2 Å². The molecule has 2 fully saturated rings. The first kappa shape index (κ1) is 11.7. The number of para-hydroxylation sites is 1. The van der Waals surface area contributed by atoms with E-state index in [1.54, 1.807) is 6.20 Å². The Morgan fingerprint density at radius 3 is 2.70 bits per heavy atom. The molecule has 1 heterocycles. The van der Waals surface area contributed by atoms with Gasteiger partial charge in [0, 0.05) is 24.2 Å². The summed E-state index contributed by atoms with van der Waals surface area (Å²) in [5.74, 6) is 0.828. The summed E-state index contributed by atoms with van der Waals surface area (Å²) in [7, 11) is 0. The van der Waals surface area contributed by atoms with Crippen molar-refractivity contribution in [3.8, 4) is 6.07 Å². The van der Waals surface area contributed by atoms with Crippen LogP contribution in [0.2, 0.25) is 0 Å². The van der Waals surface area contributed by atoms with E-state index in [1.807, 2.05) is 18.2 Å². The maximum atomic E-state index is 9.46. The molecule has 2 aliphatic carbocycles. The van der Waals surface area contributed by atoms with Crippen molar-refractivity contribution >= 4 is 16.6 Å². The van der Waals surface area contributed by atoms with Gasteiger partial charge >= 0.3 is 0 Å². The number of nitriles is 1. The van der Waals surface area contributed by atoms with Crippen LogP contribution in [-0.2, 0) is 0 Å². The molecule has 0 saturated heterocycles. The third kappa shape index (κ3) is 2.02. The number of anilines is 1. The maximum absolute atomic E-state index is 9.46. The monoisotopic (exact) mass is 263 g/mol. The molecule has 100 valence electrons. The van der Waals surface area contributed by atoms with Gasteiger partial charge in [-0.1, -0.05) is 18.2 Å². The Balaban J connectivity index is 1.88. The highest BCUT2D eigenvalue weighted by Gasteiger charge is 2.35. The number of rotatable bonds is 4. The predicted octanol–water partition coefficient (Wildman–Crippen LogP) is 3.49. The second-order valence-corrected chi connectivity index (χ2v) is 5.98. The molecule has 0 spiro atoms. The number of pyridine rings is 1. The van der Waals surface area contributed by atoms with E-state index in [2.05, 4.69) is 22.0 Å². The van der Waals surface area contributed by atoms with Gasteiger partial charge in [0.15, 0.2) is 0 Å². The molecule has 1 aromatic heterocycles. The maximum Gasteiger partial charge on any atom is 0.103 e. The number of benzene rings is 1. The molecule has 0 bridgehead atoms. The van der Waals surface area contributed by atoms with Crippen molar-refractivity contribution < 1.29 is 0 Å². The van der Waals surface area contributed by atoms with Crippen molar-refractivity contribution in [1.82, 2.24) is 4.98 Å². The standard InChI is InChI=1S/C17H17N3/c18-9-13-10-19-16-4-2-1-3-15(16)17(13)20(14-7-8-14)11-12-5-6-12/h1-4,10,12,14H,5-8,11H2. The van der Waals surface area contributed by atoms with Gasteiger partial charge < -0.3 is 4.90 Å². The van der Waals surface area contributed by atoms with E-state index in [0.717, 1.165) is 34.6 Å². The van der Waals surface area contributed by atoms with Crippen LogP contribution >= 0.6 is 0 Å². The van der Waals surface area contributed by atoms with Gasteiger partial charge in [0.25, 0.3) is 0 Å². The summed E-state index contributed by atoms with van der Waals surface area (Å²) in [4.78, 5) is 6.91. The largest absolute Gasteiger partial charge is 0.367 e. The lowest BCUT2D eigenvalue weighted by Gasteiger charge is -2.27. The van der Waals surface area contributed by atoms with Crippen molar-refractivity contribution in [1.29, 1.82) is 5.26 Å². The lowest BCUT2D eigenvalue weighted by Crippen LogP contribution is -2.29. The van der Waals surface area contributed by atoms with Crippen molar-refractivity contribution in [3.63, 3.8) is 0 Å². The normalized spacial score (nSPS) is 17.9. The van der Waals surface area contributed by atoms with E-state index in [9.17, 15) is 5.26 Å². The zero-order valence-corrected chi connectivity index (χ0v) is 11.4. The predicted molar refractivity (Wildman–Crippen MR) is 79.6 cm³/mol. The fourth-order valence-electron chi connectivity index (χ4n) is 2.91. The van der Waals surface area contributed by atoms with Gasteiger partial charge in [-0.3, -0.25) is 4.98 Å².